The first-order valence-corrected chi connectivity index (χ1v) is 5.76. The maximum absolute atomic E-state index is 13.3. The number of anilines is 2. The molecule has 0 aliphatic heterocycles. The zero-order valence-corrected chi connectivity index (χ0v) is 9.04. The van der Waals surface area contributed by atoms with Gasteiger partial charge in [-0.3, -0.25) is 0 Å². The lowest BCUT2D eigenvalue weighted by atomic mass is 10.2. The highest BCUT2D eigenvalue weighted by molar-refractivity contribution is 7.86. The molecule has 1 atom stereocenters. The molecule has 1 aromatic carbocycles. The normalized spacial score (nSPS) is 12.5. The van der Waals surface area contributed by atoms with Gasteiger partial charge in [0, 0.05) is 5.75 Å². The fourth-order valence-corrected chi connectivity index (χ4v) is 1.88. The van der Waals surface area contributed by atoms with Gasteiger partial charge in [-0.25, -0.2) is 13.0 Å². The minimum atomic E-state index is -1.36. The smallest absolute Gasteiger partial charge is 0.173 e. The van der Waals surface area contributed by atoms with E-state index in [1.165, 1.54) is 6.07 Å². The lowest BCUT2D eigenvalue weighted by Gasteiger charge is -2.08. The topological polar surface area (TPSA) is 55.1 Å². The van der Waals surface area contributed by atoms with Crippen molar-refractivity contribution in [3.8, 4) is 0 Å². The lowest BCUT2D eigenvalue weighted by molar-refractivity contribution is 0.594. The van der Waals surface area contributed by atoms with E-state index in [1.807, 2.05) is 6.92 Å². The average Bonchev–Trinajstić information content (AvgIpc) is 2.20. The minimum absolute atomic E-state index is 0.0410. The van der Waals surface area contributed by atoms with E-state index < -0.39 is 28.3 Å². The minimum Gasteiger partial charge on any atom is -0.394 e. The summed E-state index contributed by atoms with van der Waals surface area (Å²) in [6.45, 7) is 1.86. The van der Waals surface area contributed by atoms with Gasteiger partial charge in [0.2, 0.25) is 0 Å². The molecule has 3 N–H and O–H groups in total. The zero-order chi connectivity index (χ0) is 11.4. The maximum Gasteiger partial charge on any atom is 0.173 e. The molecule has 0 amide bonds. The summed E-state index contributed by atoms with van der Waals surface area (Å²) < 4.78 is 39.8. The maximum atomic E-state index is 13.3. The van der Waals surface area contributed by atoms with Crippen LogP contribution in [0.5, 0.6) is 0 Å². The highest BCUT2D eigenvalue weighted by Crippen LogP contribution is 2.23. The molecule has 0 aliphatic rings. The number of nitrogens with two attached hydrogens (primary N) is 1. The van der Waals surface area contributed by atoms with Gasteiger partial charge in [0.05, 0.1) is 5.69 Å². The largest absolute Gasteiger partial charge is 0.394 e. The Morgan fingerprint density at radius 2 is 2.13 bits per heavy atom. The first kappa shape index (κ1) is 11.9. The van der Waals surface area contributed by atoms with E-state index in [0.717, 1.165) is 6.07 Å². The van der Waals surface area contributed by atoms with E-state index in [9.17, 15) is 13.0 Å². The van der Waals surface area contributed by atoms with Crippen molar-refractivity contribution in [2.24, 2.45) is 0 Å². The van der Waals surface area contributed by atoms with E-state index in [4.69, 9.17) is 5.73 Å². The SMILES string of the molecule is CCCS(=O)Nc1ccc(F)c(N)c1F. The molecule has 6 heteroatoms. The van der Waals surface area contributed by atoms with E-state index in [1.54, 1.807) is 0 Å². The van der Waals surface area contributed by atoms with Crippen molar-refractivity contribution in [3.63, 3.8) is 0 Å². The van der Waals surface area contributed by atoms with Crippen LogP contribution in [0.4, 0.5) is 20.2 Å². The second-order valence-electron chi connectivity index (χ2n) is 2.97. The molecule has 0 radical (unpaired) electrons. The molecule has 0 spiro atoms. The Morgan fingerprint density at radius 1 is 1.47 bits per heavy atom. The number of halogens is 2. The second kappa shape index (κ2) is 5.06. The van der Waals surface area contributed by atoms with Crippen molar-refractivity contribution >= 4 is 22.4 Å². The van der Waals surface area contributed by atoms with Gasteiger partial charge in [-0.05, 0) is 18.6 Å². The van der Waals surface area contributed by atoms with Crippen LogP contribution in [0.25, 0.3) is 0 Å². The monoisotopic (exact) mass is 234 g/mol. The molecule has 84 valence electrons. The zero-order valence-electron chi connectivity index (χ0n) is 8.22. The molecule has 0 fully saturated rings. The standard InChI is InChI=1S/C9H12F2N2OS/c1-2-5-15(14)13-7-4-3-6(10)9(12)8(7)11/h3-4,13H,2,5,12H2,1H3. The summed E-state index contributed by atoms with van der Waals surface area (Å²) >= 11 is 0. The van der Waals surface area contributed by atoms with Crippen LogP contribution in [-0.2, 0) is 11.0 Å². The molecule has 0 heterocycles. The van der Waals surface area contributed by atoms with Gasteiger partial charge in [-0.2, -0.15) is 0 Å². The Hall–Kier alpha value is -1.17. The van der Waals surface area contributed by atoms with Crippen LogP contribution in [-0.4, -0.2) is 9.96 Å². The summed E-state index contributed by atoms with van der Waals surface area (Å²) in [4.78, 5) is 0. The van der Waals surface area contributed by atoms with E-state index in [2.05, 4.69) is 4.72 Å². The van der Waals surface area contributed by atoms with Crippen molar-refractivity contribution in [2.45, 2.75) is 13.3 Å². The van der Waals surface area contributed by atoms with Crippen molar-refractivity contribution in [1.82, 2.24) is 0 Å². The van der Waals surface area contributed by atoms with Crippen LogP contribution in [0.3, 0.4) is 0 Å². The van der Waals surface area contributed by atoms with Crippen LogP contribution in [0.15, 0.2) is 12.1 Å². The van der Waals surface area contributed by atoms with Gasteiger partial charge < -0.3 is 10.5 Å². The summed E-state index contributed by atoms with van der Waals surface area (Å²) in [6.07, 6.45) is 0.706. The Balaban J connectivity index is 2.87. The first-order chi connectivity index (χ1) is 7.06. The molecule has 0 aromatic heterocycles. The molecular formula is C9H12F2N2OS. The quantitative estimate of drug-likeness (QED) is 0.783. The van der Waals surface area contributed by atoms with E-state index in [-0.39, 0.29) is 5.69 Å². The summed E-state index contributed by atoms with van der Waals surface area (Å²) in [5.74, 6) is -1.32. The predicted molar refractivity (Wildman–Crippen MR) is 57.7 cm³/mol. The van der Waals surface area contributed by atoms with Gasteiger partial charge in [-0.1, -0.05) is 6.92 Å². The van der Waals surface area contributed by atoms with E-state index in [0.29, 0.717) is 12.2 Å². The Labute approximate surface area is 89.3 Å². The molecule has 0 aliphatic carbocycles. The van der Waals surface area contributed by atoms with Gasteiger partial charge in [-0.15, -0.1) is 0 Å². The Morgan fingerprint density at radius 3 is 2.73 bits per heavy atom. The molecule has 1 rings (SSSR count). The van der Waals surface area contributed by atoms with Crippen molar-refractivity contribution in [1.29, 1.82) is 0 Å². The molecule has 15 heavy (non-hydrogen) atoms. The third-order valence-electron chi connectivity index (χ3n) is 1.74. The summed E-state index contributed by atoms with van der Waals surface area (Å²) in [7, 11) is -1.36. The molecular weight excluding hydrogens is 222 g/mol. The van der Waals surface area contributed by atoms with Gasteiger partial charge in [0.25, 0.3) is 0 Å². The van der Waals surface area contributed by atoms with Crippen LogP contribution in [0.2, 0.25) is 0 Å². The number of hydrogen-bond donors (Lipinski definition) is 2. The van der Waals surface area contributed by atoms with Gasteiger partial charge in [0.1, 0.15) is 22.5 Å². The first-order valence-electron chi connectivity index (χ1n) is 4.44. The molecule has 0 bridgehead atoms. The number of rotatable bonds is 4. The van der Waals surface area contributed by atoms with E-state index >= 15 is 0 Å². The molecule has 0 saturated heterocycles. The third-order valence-corrected chi connectivity index (χ3v) is 2.97. The summed E-state index contributed by atoms with van der Waals surface area (Å²) in [6, 6.07) is 2.21. The molecule has 0 saturated carbocycles. The average molecular weight is 234 g/mol. The number of nitrogens with one attached hydrogen (secondary N) is 1. The van der Waals surface area contributed by atoms with Gasteiger partial charge >= 0.3 is 0 Å². The number of nitrogen functional groups attached to an aromatic ring is 1. The van der Waals surface area contributed by atoms with Crippen molar-refractivity contribution < 1.29 is 13.0 Å². The van der Waals surface area contributed by atoms with Crippen molar-refractivity contribution in [2.75, 3.05) is 16.2 Å². The fraction of sp³-hybridized carbons (Fsp3) is 0.333. The summed E-state index contributed by atoms with van der Waals surface area (Å²) in [5, 5.41) is 0. The van der Waals surface area contributed by atoms with Crippen LogP contribution in [0.1, 0.15) is 13.3 Å². The van der Waals surface area contributed by atoms with Crippen LogP contribution < -0.4 is 10.5 Å². The third kappa shape index (κ3) is 2.89. The van der Waals surface area contributed by atoms with Crippen LogP contribution >= 0.6 is 0 Å². The predicted octanol–water partition coefficient (Wildman–Crippen LogP) is 2.03. The molecule has 1 aromatic rings. The summed E-state index contributed by atoms with van der Waals surface area (Å²) in [5.41, 5.74) is 4.54. The Kier molecular flexibility index (Phi) is 4.02. The molecule has 1 unspecified atom stereocenters. The van der Waals surface area contributed by atoms with Crippen LogP contribution in [0, 0.1) is 11.6 Å². The fourth-order valence-electron chi connectivity index (χ4n) is 1.01. The lowest BCUT2D eigenvalue weighted by Crippen LogP contribution is -2.10. The molecule has 3 nitrogen and oxygen atoms in total. The number of benzene rings is 1. The van der Waals surface area contributed by atoms with Gasteiger partial charge in [0.15, 0.2) is 5.82 Å². The highest BCUT2D eigenvalue weighted by Gasteiger charge is 2.11. The number of hydrogen-bond acceptors (Lipinski definition) is 2. The highest BCUT2D eigenvalue weighted by atomic mass is 32.2. The second-order valence-corrected chi connectivity index (χ2v) is 4.28. The Bertz CT molecular complexity index is 385. The van der Waals surface area contributed by atoms with Crippen molar-refractivity contribution in [3.05, 3.63) is 23.8 Å².